The van der Waals surface area contributed by atoms with E-state index in [1.165, 1.54) is 32.1 Å². The predicted molar refractivity (Wildman–Crippen MR) is 125 cm³/mol. The van der Waals surface area contributed by atoms with Crippen LogP contribution < -0.4 is 5.32 Å². The van der Waals surface area contributed by atoms with Crippen LogP contribution in [0.4, 0.5) is 4.79 Å². The first-order valence-electron chi connectivity index (χ1n) is 11.3. The first-order chi connectivity index (χ1) is 15.2. The molecule has 2 rings (SSSR count). The Balaban J connectivity index is 1.90. The Morgan fingerprint density at radius 2 is 1.75 bits per heavy atom. The summed E-state index contributed by atoms with van der Waals surface area (Å²) in [5.41, 5.74) is 0.824. The zero-order valence-electron chi connectivity index (χ0n) is 19.5. The summed E-state index contributed by atoms with van der Waals surface area (Å²) in [5, 5.41) is 2.56. The monoisotopic (exact) mass is 467 g/mol. The summed E-state index contributed by atoms with van der Waals surface area (Å²) in [7, 11) is 0.479. The van der Waals surface area contributed by atoms with Crippen LogP contribution in [-0.2, 0) is 26.0 Å². The Bertz CT molecular complexity index is 825. The Kier molecular flexibility index (Phi) is 10.4. The number of likely N-dealkylation sites (N-methyl/N-ethyl adjacent to an activating group) is 2. The van der Waals surface area contributed by atoms with Crippen LogP contribution >= 0.6 is 0 Å². The molecule has 9 heteroatoms. The number of rotatable bonds is 11. The molecule has 1 saturated carbocycles. The number of benzene rings is 1. The van der Waals surface area contributed by atoms with Crippen molar-refractivity contribution in [2.75, 3.05) is 39.2 Å². The van der Waals surface area contributed by atoms with Gasteiger partial charge < -0.3 is 19.9 Å². The molecule has 0 radical (unpaired) electrons. The van der Waals surface area contributed by atoms with Crippen LogP contribution in [-0.4, -0.2) is 81.5 Å². The lowest BCUT2D eigenvalue weighted by molar-refractivity contribution is -0.132. The Morgan fingerprint density at radius 3 is 2.38 bits per heavy atom. The zero-order valence-corrected chi connectivity index (χ0v) is 20.3. The van der Waals surface area contributed by atoms with Crippen molar-refractivity contribution in [1.29, 1.82) is 0 Å². The van der Waals surface area contributed by atoms with Crippen LogP contribution in [0.2, 0.25) is 0 Å². The number of sulfone groups is 1. The average Bonchev–Trinajstić information content (AvgIpc) is 2.78. The van der Waals surface area contributed by atoms with Gasteiger partial charge in [0.05, 0.1) is 5.75 Å². The highest BCUT2D eigenvalue weighted by atomic mass is 32.2. The molecule has 0 spiro atoms. The lowest BCUT2D eigenvalue weighted by Crippen LogP contribution is -2.50. The van der Waals surface area contributed by atoms with Gasteiger partial charge in [-0.2, -0.15) is 0 Å². The maximum absolute atomic E-state index is 13.0. The molecule has 8 nitrogen and oxygen atoms in total. The molecule has 180 valence electrons. The Morgan fingerprint density at radius 1 is 1.09 bits per heavy atom. The maximum Gasteiger partial charge on any atom is 0.408 e. The molecule has 1 atom stereocenters. The van der Waals surface area contributed by atoms with E-state index in [0.717, 1.165) is 18.4 Å². The van der Waals surface area contributed by atoms with Crippen LogP contribution in [0.3, 0.4) is 0 Å². The molecular weight excluding hydrogens is 430 g/mol. The van der Waals surface area contributed by atoms with Gasteiger partial charge in [0.2, 0.25) is 5.91 Å². The Labute approximate surface area is 192 Å². The fraction of sp³-hybridized carbons (Fsp3) is 0.652. The van der Waals surface area contributed by atoms with Gasteiger partial charge in [0.25, 0.3) is 0 Å². The summed E-state index contributed by atoms with van der Waals surface area (Å²) in [6.45, 7) is 1.30. The third-order valence-electron chi connectivity index (χ3n) is 5.94. The molecule has 1 aromatic carbocycles. The summed E-state index contributed by atoms with van der Waals surface area (Å²) < 4.78 is 28.5. The molecule has 1 unspecified atom stereocenters. The first-order valence-corrected chi connectivity index (χ1v) is 13.3. The van der Waals surface area contributed by atoms with Crippen molar-refractivity contribution in [3.05, 3.63) is 35.9 Å². The van der Waals surface area contributed by atoms with Crippen molar-refractivity contribution in [1.82, 2.24) is 15.1 Å². The van der Waals surface area contributed by atoms with Crippen LogP contribution in [0.25, 0.3) is 0 Å². The topological polar surface area (TPSA) is 96.0 Å². The second-order valence-electron chi connectivity index (χ2n) is 8.71. The van der Waals surface area contributed by atoms with E-state index in [4.69, 9.17) is 4.74 Å². The quantitative estimate of drug-likeness (QED) is 0.537. The number of carbonyl (C=O) groups excluding carboxylic acids is 2. The fourth-order valence-electron chi connectivity index (χ4n) is 3.88. The van der Waals surface area contributed by atoms with E-state index in [2.05, 4.69) is 17.3 Å². The van der Waals surface area contributed by atoms with Gasteiger partial charge in [-0.25, -0.2) is 13.2 Å². The summed E-state index contributed by atoms with van der Waals surface area (Å²) in [5.74, 6) is -0.514. The maximum atomic E-state index is 13.0. The van der Waals surface area contributed by atoms with Crippen molar-refractivity contribution in [3.63, 3.8) is 0 Å². The summed E-state index contributed by atoms with van der Waals surface area (Å²) in [6.07, 6.45) is 6.51. The number of carbonyl (C=O) groups is 2. The molecule has 0 aromatic heterocycles. The second kappa shape index (κ2) is 12.8. The van der Waals surface area contributed by atoms with Crippen molar-refractivity contribution in [2.24, 2.45) is 0 Å². The van der Waals surface area contributed by atoms with E-state index >= 15 is 0 Å². The molecule has 1 aliphatic carbocycles. The molecule has 1 aliphatic rings. The van der Waals surface area contributed by atoms with Gasteiger partial charge in [-0.1, -0.05) is 49.6 Å². The van der Waals surface area contributed by atoms with Gasteiger partial charge in [-0.05, 0) is 31.9 Å². The van der Waals surface area contributed by atoms with Crippen molar-refractivity contribution in [2.45, 2.75) is 57.2 Å². The fourth-order valence-corrected chi connectivity index (χ4v) is 4.55. The molecule has 1 fully saturated rings. The number of hydrogen-bond acceptors (Lipinski definition) is 6. The molecule has 32 heavy (non-hydrogen) atoms. The third kappa shape index (κ3) is 9.56. The molecule has 1 aromatic rings. The first kappa shape index (κ1) is 26.1. The molecule has 0 heterocycles. The largest absolute Gasteiger partial charge is 0.445 e. The van der Waals surface area contributed by atoms with Gasteiger partial charge in [0, 0.05) is 32.4 Å². The minimum atomic E-state index is -3.28. The summed E-state index contributed by atoms with van der Waals surface area (Å²) in [6, 6.07) is 8.79. The van der Waals surface area contributed by atoms with Gasteiger partial charge in [-0.15, -0.1) is 0 Å². The predicted octanol–water partition coefficient (Wildman–Crippen LogP) is 2.44. The van der Waals surface area contributed by atoms with Crippen LogP contribution in [0.5, 0.6) is 0 Å². The van der Waals surface area contributed by atoms with E-state index in [9.17, 15) is 18.0 Å². The van der Waals surface area contributed by atoms with Crippen molar-refractivity contribution in [3.8, 4) is 0 Å². The molecular formula is C23H37N3O5S. The minimum Gasteiger partial charge on any atom is -0.445 e. The number of nitrogens with zero attached hydrogens (tertiary/aromatic N) is 2. The van der Waals surface area contributed by atoms with Crippen molar-refractivity contribution < 1.29 is 22.7 Å². The Hall–Kier alpha value is -2.13. The third-order valence-corrected chi connectivity index (χ3v) is 6.92. The SMILES string of the molecule is CN(CCN(C)C1CCCCC1)C(=O)C(CCS(C)(=O)=O)NC(=O)OCc1ccccc1. The second-order valence-corrected chi connectivity index (χ2v) is 11.0. The van der Waals surface area contributed by atoms with E-state index in [-0.39, 0.29) is 24.7 Å². The number of amides is 2. The van der Waals surface area contributed by atoms with Gasteiger partial charge in [0.1, 0.15) is 22.5 Å². The lowest BCUT2D eigenvalue weighted by Gasteiger charge is -2.33. The zero-order chi connectivity index (χ0) is 23.6. The smallest absolute Gasteiger partial charge is 0.408 e. The summed E-state index contributed by atoms with van der Waals surface area (Å²) in [4.78, 5) is 29.1. The highest BCUT2D eigenvalue weighted by Crippen LogP contribution is 2.21. The molecule has 0 bridgehead atoms. The molecule has 0 saturated heterocycles. The normalized spacial score (nSPS) is 15.9. The molecule has 1 N–H and O–H groups in total. The van der Waals surface area contributed by atoms with Gasteiger partial charge in [0.15, 0.2) is 0 Å². The van der Waals surface area contributed by atoms with Gasteiger partial charge >= 0.3 is 6.09 Å². The highest BCUT2D eigenvalue weighted by Gasteiger charge is 2.26. The van der Waals surface area contributed by atoms with Crippen LogP contribution in [0.15, 0.2) is 30.3 Å². The number of ether oxygens (including phenoxy) is 1. The standard InChI is InChI=1S/C23H37N3O5S/c1-25(20-12-8-5-9-13-20)15-16-26(2)22(27)21(14-17-32(3,29)30)24-23(28)31-18-19-10-6-4-7-11-19/h4,6-7,10-11,20-21H,5,8-9,12-18H2,1-3H3,(H,24,28). The van der Waals surface area contributed by atoms with Crippen LogP contribution in [0.1, 0.15) is 44.1 Å². The number of alkyl carbamates (subject to hydrolysis) is 1. The summed E-state index contributed by atoms with van der Waals surface area (Å²) >= 11 is 0. The lowest BCUT2D eigenvalue weighted by atomic mass is 9.94. The average molecular weight is 468 g/mol. The molecule has 2 amide bonds. The van der Waals surface area contributed by atoms with E-state index < -0.39 is 22.0 Å². The molecule has 0 aliphatic heterocycles. The van der Waals surface area contributed by atoms with Crippen LogP contribution in [0, 0.1) is 0 Å². The van der Waals surface area contributed by atoms with E-state index in [1.54, 1.807) is 11.9 Å². The number of hydrogen-bond donors (Lipinski definition) is 1. The van der Waals surface area contributed by atoms with E-state index in [1.807, 2.05) is 30.3 Å². The van der Waals surface area contributed by atoms with Crippen molar-refractivity contribution >= 4 is 21.8 Å². The van der Waals surface area contributed by atoms with Gasteiger partial charge in [-0.3, -0.25) is 4.79 Å². The number of nitrogens with one attached hydrogen (secondary N) is 1. The highest BCUT2D eigenvalue weighted by molar-refractivity contribution is 7.90. The van der Waals surface area contributed by atoms with E-state index in [0.29, 0.717) is 12.6 Å². The minimum absolute atomic E-state index is 0.000901.